The SMILES string of the molecule is COc1cc2c(cc1O)C1CC(O)C3Cc4cc(O)c5cc4C4CC(CC(OC(C)=O)C(C2)C1(C=Cc1ccccc1)C43)OC(=O)C12CC(C#CCCNCc3cccc(c3)-c3cc(O)cc4ccc1cc34)CC(CSSC(O)CO5)C2. The largest absolute Gasteiger partial charge is 0.508 e. The lowest BCUT2D eigenvalue weighted by atomic mass is 9.40. The van der Waals surface area contributed by atoms with Crippen LogP contribution in [0.1, 0.15) is 103 Å². The van der Waals surface area contributed by atoms with E-state index in [2.05, 4.69) is 65.7 Å². The number of rotatable bonds is 4. The van der Waals surface area contributed by atoms with Gasteiger partial charge in [-0.25, -0.2) is 0 Å². The number of fused-ring (bicyclic) bond motifs is 10. The molecule has 11 bridgehead atoms. The zero-order valence-electron chi connectivity index (χ0n) is 46.1. The summed E-state index contributed by atoms with van der Waals surface area (Å²) in [5, 5.41) is 64.4. The van der Waals surface area contributed by atoms with Gasteiger partial charge in [0.25, 0.3) is 0 Å². The number of esters is 2. The highest BCUT2D eigenvalue weighted by Crippen LogP contribution is 2.70. The van der Waals surface area contributed by atoms with Crippen molar-refractivity contribution in [2.75, 3.05) is 26.0 Å². The van der Waals surface area contributed by atoms with Gasteiger partial charge in [-0.05, 0) is 184 Å². The number of phenols is 3. The summed E-state index contributed by atoms with van der Waals surface area (Å²) in [6.07, 6.45) is 5.76. The standard InChI is InChI=1S/C68H69NO11S2/c1-38(70)79-61-29-49-28-54-52-31-63(59(73)24-45(52)22-55-58(72)32-56-53-30-60(74)62(77-2)25-46(53)23-57(61)68(56,65(54)55)17-16-39-9-4-3-5-10-39)78-36-64(75)82-81-37-42-19-40-11-6-7-18-69-35-41-12-8-13-43(20-41)51-27-48(71)21-44-14-15-47(26-50(44)51)67(33-40,34-42)66(76)80-49/h3-5,8-10,12-17,20-21,24-27,30-31,40,42,49,54-58,61,64-65,69,71-75H,7,18-19,22-23,28-29,32-37H2,1-2H3. The Morgan fingerprint density at radius 2 is 1.72 bits per heavy atom. The van der Waals surface area contributed by atoms with Crippen LogP contribution in [0.4, 0.5) is 0 Å². The van der Waals surface area contributed by atoms with Crippen LogP contribution in [0.2, 0.25) is 0 Å². The number of ether oxygens (including phenoxy) is 4. The fourth-order valence-electron chi connectivity index (χ4n) is 16.1. The van der Waals surface area contributed by atoms with Crippen molar-refractivity contribution in [2.45, 2.75) is 112 Å². The number of aliphatic hydroxyl groups excluding tert-OH is 2. The van der Waals surface area contributed by atoms with E-state index in [0.29, 0.717) is 63.1 Å². The Balaban J connectivity index is 1.03. The summed E-state index contributed by atoms with van der Waals surface area (Å²) in [6.45, 7) is 2.66. The molecule has 6 aromatic rings. The average Bonchev–Trinajstić information content (AvgIpc) is 1.20. The van der Waals surface area contributed by atoms with Gasteiger partial charge in [0, 0.05) is 55.9 Å². The number of benzene rings is 6. The van der Waals surface area contributed by atoms with Crippen LogP contribution in [0.3, 0.4) is 0 Å². The van der Waals surface area contributed by atoms with Crippen LogP contribution in [-0.2, 0) is 43.9 Å². The van der Waals surface area contributed by atoms with Crippen molar-refractivity contribution in [3.63, 3.8) is 0 Å². The Labute approximate surface area is 486 Å². The predicted octanol–water partition coefficient (Wildman–Crippen LogP) is 11.5. The Morgan fingerprint density at radius 1 is 0.866 bits per heavy atom. The number of carbonyl (C=O) groups excluding carboxylic acids is 2. The Bertz CT molecular complexity index is 3560. The molecular weight excluding hydrogens is 1070 g/mol. The molecule has 1 spiro atoms. The summed E-state index contributed by atoms with van der Waals surface area (Å²) in [5.41, 5.74) is 5.15. The number of aliphatic hydroxyl groups is 2. The van der Waals surface area contributed by atoms with Gasteiger partial charge in [-0.2, -0.15) is 0 Å². The van der Waals surface area contributed by atoms with Crippen molar-refractivity contribution in [3.8, 4) is 51.7 Å². The van der Waals surface area contributed by atoms with Gasteiger partial charge in [0.05, 0.1) is 18.6 Å². The van der Waals surface area contributed by atoms with E-state index in [1.807, 2.05) is 48.5 Å². The number of allylic oxidation sites excluding steroid dienone is 1. The van der Waals surface area contributed by atoms with Crippen molar-refractivity contribution >= 4 is 50.4 Å². The molecule has 12 nitrogen and oxygen atoms in total. The van der Waals surface area contributed by atoms with Crippen LogP contribution in [0.25, 0.3) is 28.0 Å². The maximum absolute atomic E-state index is 16.7. The van der Waals surface area contributed by atoms with Crippen molar-refractivity contribution < 1.29 is 54.1 Å². The number of phenolic OH excluding ortho intramolecular Hbond substituents is 3. The normalized spacial score (nSPS) is 31.2. The number of carbonyl (C=O) groups is 2. The molecule has 3 saturated carbocycles. The smallest absolute Gasteiger partial charge is 0.316 e. The highest BCUT2D eigenvalue weighted by Gasteiger charge is 2.66. The van der Waals surface area contributed by atoms with Crippen molar-refractivity contribution in [2.24, 2.45) is 35.0 Å². The van der Waals surface area contributed by atoms with Gasteiger partial charge in [-0.1, -0.05) is 100 Å². The van der Waals surface area contributed by atoms with Gasteiger partial charge in [0.1, 0.15) is 30.0 Å². The molecule has 82 heavy (non-hydrogen) atoms. The summed E-state index contributed by atoms with van der Waals surface area (Å²) < 4.78 is 26.3. The average molecular weight is 1140 g/mol. The Morgan fingerprint density at radius 3 is 2.56 bits per heavy atom. The lowest BCUT2D eigenvalue weighted by molar-refractivity contribution is -0.179. The number of hydrogen-bond acceptors (Lipinski definition) is 14. The molecule has 0 radical (unpaired) electrons. The summed E-state index contributed by atoms with van der Waals surface area (Å²) in [7, 11) is 4.36. The number of methoxy groups -OCH3 is 1. The molecular formula is C68H69NO11S2. The molecule has 7 aliphatic rings. The second kappa shape index (κ2) is 22.2. The van der Waals surface area contributed by atoms with Gasteiger partial charge >= 0.3 is 11.9 Å². The quantitative estimate of drug-likeness (QED) is 0.0557. The monoisotopic (exact) mass is 1140 g/mol. The highest BCUT2D eigenvalue weighted by molar-refractivity contribution is 8.76. The molecule has 6 N–H and O–H groups in total. The van der Waals surface area contributed by atoms with E-state index < -0.39 is 58.4 Å². The third-order valence-corrected chi connectivity index (χ3v) is 21.9. The number of nitrogens with one attached hydrogen (secondary N) is 1. The molecule has 3 fully saturated rings. The van der Waals surface area contributed by atoms with Crippen LogP contribution in [0.15, 0.2) is 115 Å². The van der Waals surface area contributed by atoms with Gasteiger partial charge in [0.2, 0.25) is 0 Å². The van der Waals surface area contributed by atoms with Crippen molar-refractivity contribution in [1.82, 2.24) is 5.32 Å². The Hall–Kier alpha value is -6.60. The predicted molar refractivity (Wildman–Crippen MR) is 319 cm³/mol. The molecule has 2 aliphatic heterocycles. The molecule has 0 amide bonds. The number of aromatic hydroxyl groups is 3. The first-order valence-electron chi connectivity index (χ1n) is 29.0. The van der Waals surface area contributed by atoms with E-state index in [0.717, 1.165) is 67.3 Å². The first-order valence-corrected chi connectivity index (χ1v) is 31.4. The van der Waals surface area contributed by atoms with Gasteiger partial charge in [-0.15, -0.1) is 5.92 Å². The zero-order chi connectivity index (χ0) is 56.4. The van der Waals surface area contributed by atoms with E-state index in [9.17, 15) is 30.3 Å². The summed E-state index contributed by atoms with van der Waals surface area (Å²) in [5.74, 6) is 5.23. The maximum atomic E-state index is 16.7. The first-order chi connectivity index (χ1) is 39.8. The van der Waals surface area contributed by atoms with E-state index in [4.69, 9.17) is 18.9 Å². The number of hydrogen-bond donors (Lipinski definition) is 6. The molecule has 2 heterocycles. The third kappa shape index (κ3) is 9.97. The molecule has 5 aliphatic carbocycles. The second-order valence-corrected chi connectivity index (χ2v) is 26.7. The summed E-state index contributed by atoms with van der Waals surface area (Å²) in [6, 6.07) is 35.4. The fraction of sp³-hybridized carbons (Fsp3) is 0.412. The third-order valence-electron chi connectivity index (χ3n) is 19.3. The van der Waals surface area contributed by atoms with Crippen LogP contribution >= 0.6 is 21.6 Å². The Kier molecular flexibility index (Phi) is 14.8. The summed E-state index contributed by atoms with van der Waals surface area (Å²) >= 11 is 0. The van der Waals surface area contributed by atoms with Crippen LogP contribution in [-0.4, -0.2) is 87.2 Å². The molecule has 0 saturated heterocycles. The van der Waals surface area contributed by atoms with Crippen molar-refractivity contribution in [1.29, 1.82) is 0 Å². The lowest BCUT2D eigenvalue weighted by Crippen LogP contribution is -2.62. The lowest BCUT2D eigenvalue weighted by Gasteiger charge is -2.64. The summed E-state index contributed by atoms with van der Waals surface area (Å²) in [4.78, 5) is 30.5. The van der Waals surface area contributed by atoms with Crippen LogP contribution in [0.5, 0.6) is 28.7 Å². The minimum atomic E-state index is -1.23. The molecule has 6 aromatic carbocycles. The van der Waals surface area contributed by atoms with Gasteiger partial charge in [0.15, 0.2) is 23.0 Å². The topological polar surface area (TPSA) is 184 Å². The molecule has 13 atom stereocenters. The second-order valence-electron chi connectivity index (χ2n) is 24.1. The van der Waals surface area contributed by atoms with Crippen molar-refractivity contribution in [3.05, 3.63) is 154 Å². The maximum Gasteiger partial charge on any atom is 0.316 e. The first kappa shape index (κ1) is 54.6. The van der Waals surface area contributed by atoms with E-state index in [-0.39, 0.29) is 72.0 Å². The zero-order valence-corrected chi connectivity index (χ0v) is 47.7. The van der Waals surface area contributed by atoms with Gasteiger partial charge in [-0.3, -0.25) is 9.59 Å². The van der Waals surface area contributed by atoms with E-state index in [1.54, 1.807) is 24.3 Å². The fourth-order valence-corrected chi connectivity index (χ4v) is 18.4. The molecule has 0 aromatic heterocycles. The van der Waals surface area contributed by atoms with Crippen LogP contribution < -0.4 is 14.8 Å². The van der Waals surface area contributed by atoms with Crippen LogP contribution in [0, 0.1) is 46.8 Å². The minimum absolute atomic E-state index is 0.00774. The van der Waals surface area contributed by atoms with E-state index >= 15 is 4.79 Å². The molecule has 14 heteroatoms. The molecule has 13 rings (SSSR count). The molecule has 13 unspecified atom stereocenters. The van der Waals surface area contributed by atoms with Gasteiger partial charge < -0.3 is 49.8 Å². The highest BCUT2D eigenvalue weighted by atomic mass is 33.1. The van der Waals surface area contributed by atoms with E-state index in [1.165, 1.54) is 35.6 Å². The minimum Gasteiger partial charge on any atom is -0.508 e. The molecule has 424 valence electrons.